The molecule has 0 aliphatic rings. The van der Waals surface area contributed by atoms with Crippen molar-refractivity contribution in [1.82, 2.24) is 0 Å². The Morgan fingerprint density at radius 3 is 1.96 bits per heavy atom. The van der Waals surface area contributed by atoms with E-state index in [1.54, 1.807) is 30.3 Å². The third-order valence-electron chi connectivity index (χ3n) is 4.45. The molecule has 0 aromatic heterocycles. The minimum Gasteiger partial charge on any atom is -0.481 e. The molecule has 2 atom stereocenters. The van der Waals surface area contributed by atoms with E-state index in [0.717, 1.165) is 5.56 Å². The number of carbonyl (C=O) groups is 1. The largest absolute Gasteiger partial charge is 0.481 e. The summed E-state index contributed by atoms with van der Waals surface area (Å²) in [6, 6.07) is 17.3. The lowest BCUT2D eigenvalue weighted by molar-refractivity contribution is -0.140. The van der Waals surface area contributed by atoms with E-state index in [2.05, 4.69) is 0 Å². The molecule has 6 nitrogen and oxygen atoms in total. The predicted octanol–water partition coefficient (Wildman–Crippen LogP) is 2.52. The first-order valence-electron chi connectivity index (χ1n) is 8.84. The average molecular weight is 425 g/mol. The summed E-state index contributed by atoms with van der Waals surface area (Å²) >= 11 is 0. The standard InChI is InChI=1S/C20H24O6S2/c1-16(20(21)22)14-27(23,24)15-19(18-10-6-3-7-11-18)28(25,26)13-12-17-8-4-2-5-9-17/h2-11,16,19H,12-15H2,1H3,(H,21,22). The minimum atomic E-state index is -3.90. The van der Waals surface area contributed by atoms with E-state index in [1.807, 2.05) is 30.3 Å². The number of sulfone groups is 2. The maximum absolute atomic E-state index is 13.0. The summed E-state index contributed by atoms with van der Waals surface area (Å²) in [6.07, 6.45) is 0.276. The third-order valence-corrected chi connectivity index (χ3v) is 8.59. The minimum absolute atomic E-state index is 0.194. The molecule has 0 spiro atoms. The Labute approximate surface area is 166 Å². The van der Waals surface area contributed by atoms with Crippen LogP contribution >= 0.6 is 0 Å². The fourth-order valence-corrected chi connectivity index (χ4v) is 7.39. The van der Waals surface area contributed by atoms with Gasteiger partial charge >= 0.3 is 5.97 Å². The summed E-state index contributed by atoms with van der Waals surface area (Å²) in [4.78, 5) is 11.0. The first-order chi connectivity index (χ1) is 13.1. The van der Waals surface area contributed by atoms with Gasteiger partial charge in [0.2, 0.25) is 0 Å². The summed E-state index contributed by atoms with van der Waals surface area (Å²) in [5, 5.41) is 7.75. The molecule has 2 unspecified atom stereocenters. The highest BCUT2D eigenvalue weighted by Crippen LogP contribution is 2.26. The molecule has 8 heteroatoms. The summed E-state index contributed by atoms with van der Waals surface area (Å²) in [6.45, 7) is 1.29. The smallest absolute Gasteiger partial charge is 0.307 e. The van der Waals surface area contributed by atoms with E-state index in [9.17, 15) is 21.6 Å². The quantitative estimate of drug-likeness (QED) is 0.628. The van der Waals surface area contributed by atoms with Gasteiger partial charge in [-0.3, -0.25) is 4.79 Å². The van der Waals surface area contributed by atoms with E-state index in [1.165, 1.54) is 6.92 Å². The fraction of sp³-hybridized carbons (Fsp3) is 0.350. The zero-order valence-electron chi connectivity index (χ0n) is 15.6. The zero-order valence-corrected chi connectivity index (χ0v) is 17.2. The topological polar surface area (TPSA) is 106 Å². The van der Waals surface area contributed by atoms with E-state index < -0.39 is 48.3 Å². The van der Waals surface area contributed by atoms with Crippen LogP contribution in [0.25, 0.3) is 0 Å². The average Bonchev–Trinajstić information content (AvgIpc) is 2.65. The van der Waals surface area contributed by atoms with Gasteiger partial charge in [0.15, 0.2) is 19.7 Å². The molecule has 2 aromatic carbocycles. The Bertz CT molecular complexity index is 984. The lowest BCUT2D eigenvalue weighted by Crippen LogP contribution is -2.30. The first-order valence-corrected chi connectivity index (χ1v) is 12.4. The summed E-state index contributed by atoms with van der Waals surface area (Å²) < 4.78 is 51.1. The number of carboxylic acids is 1. The van der Waals surface area contributed by atoms with E-state index in [4.69, 9.17) is 5.11 Å². The Balaban J connectivity index is 2.28. The van der Waals surface area contributed by atoms with Gasteiger partial charge < -0.3 is 5.11 Å². The van der Waals surface area contributed by atoms with Crippen LogP contribution in [0.15, 0.2) is 60.7 Å². The summed E-state index contributed by atoms with van der Waals surface area (Å²) in [5.74, 6) is -3.76. The van der Waals surface area contributed by atoms with Crippen LogP contribution in [-0.2, 0) is 30.9 Å². The molecule has 0 bridgehead atoms. The van der Waals surface area contributed by atoms with Gasteiger partial charge in [-0.2, -0.15) is 0 Å². The number of hydrogen-bond donors (Lipinski definition) is 1. The SMILES string of the molecule is CC(CS(=O)(=O)CC(c1ccccc1)S(=O)(=O)CCc1ccccc1)C(=O)O. The number of benzene rings is 2. The molecule has 0 aliphatic carbocycles. The van der Waals surface area contributed by atoms with Gasteiger partial charge in [0.1, 0.15) is 5.25 Å². The predicted molar refractivity (Wildman–Crippen MR) is 109 cm³/mol. The van der Waals surface area contributed by atoms with Gasteiger partial charge in [-0.25, -0.2) is 16.8 Å². The highest BCUT2D eigenvalue weighted by Gasteiger charge is 2.33. The van der Waals surface area contributed by atoms with E-state index in [0.29, 0.717) is 5.56 Å². The Kier molecular flexibility index (Phi) is 7.37. The Hall–Kier alpha value is -2.19. The maximum atomic E-state index is 13.0. The van der Waals surface area contributed by atoms with Gasteiger partial charge in [-0.15, -0.1) is 0 Å². The second kappa shape index (κ2) is 9.34. The van der Waals surface area contributed by atoms with Crippen molar-refractivity contribution < 1.29 is 26.7 Å². The van der Waals surface area contributed by atoms with E-state index >= 15 is 0 Å². The van der Waals surface area contributed by atoms with Crippen molar-refractivity contribution in [3.8, 4) is 0 Å². The zero-order chi connectivity index (χ0) is 20.8. The molecule has 152 valence electrons. The van der Waals surface area contributed by atoms with Gasteiger partial charge in [0.05, 0.1) is 23.2 Å². The molecule has 0 amide bonds. The molecule has 2 rings (SSSR count). The molecule has 0 radical (unpaired) electrons. The lowest BCUT2D eigenvalue weighted by Gasteiger charge is -2.19. The van der Waals surface area contributed by atoms with Crippen LogP contribution in [0.5, 0.6) is 0 Å². The van der Waals surface area contributed by atoms with Gasteiger partial charge in [-0.05, 0) is 17.5 Å². The van der Waals surface area contributed by atoms with Crippen LogP contribution in [-0.4, -0.2) is 45.2 Å². The van der Waals surface area contributed by atoms with Crippen molar-refractivity contribution in [2.24, 2.45) is 5.92 Å². The van der Waals surface area contributed by atoms with Crippen molar-refractivity contribution in [3.05, 3.63) is 71.8 Å². The number of hydrogen-bond acceptors (Lipinski definition) is 5. The first kappa shape index (κ1) is 22.1. The van der Waals surface area contributed by atoms with Crippen molar-refractivity contribution in [2.45, 2.75) is 18.6 Å². The number of aliphatic carboxylic acids is 1. The fourth-order valence-electron chi connectivity index (χ4n) is 2.87. The van der Waals surface area contributed by atoms with Crippen molar-refractivity contribution in [3.63, 3.8) is 0 Å². The highest BCUT2D eigenvalue weighted by molar-refractivity contribution is 7.95. The number of aryl methyl sites for hydroxylation is 1. The second-order valence-corrected chi connectivity index (χ2v) is 11.3. The van der Waals surface area contributed by atoms with Crippen molar-refractivity contribution in [1.29, 1.82) is 0 Å². The highest BCUT2D eigenvalue weighted by atomic mass is 32.2. The monoisotopic (exact) mass is 424 g/mol. The van der Waals surface area contributed by atoms with Crippen LogP contribution in [0.2, 0.25) is 0 Å². The van der Waals surface area contributed by atoms with Crippen molar-refractivity contribution in [2.75, 3.05) is 17.3 Å². The van der Waals surface area contributed by atoms with Crippen LogP contribution in [0.3, 0.4) is 0 Å². The molecule has 0 saturated carbocycles. The lowest BCUT2D eigenvalue weighted by atomic mass is 10.2. The summed E-state index contributed by atoms with van der Waals surface area (Å²) in [5.41, 5.74) is 1.24. The Morgan fingerprint density at radius 1 is 0.893 bits per heavy atom. The molecule has 28 heavy (non-hydrogen) atoms. The third kappa shape index (κ3) is 6.45. The molecular formula is C20H24O6S2. The normalized spacial score (nSPS) is 14.3. The van der Waals surface area contributed by atoms with Crippen LogP contribution < -0.4 is 0 Å². The molecule has 0 fully saturated rings. The van der Waals surface area contributed by atoms with Gasteiger partial charge in [-0.1, -0.05) is 67.6 Å². The second-order valence-electron chi connectivity index (χ2n) is 6.82. The van der Waals surface area contributed by atoms with Gasteiger partial charge in [0.25, 0.3) is 0 Å². The van der Waals surface area contributed by atoms with Gasteiger partial charge in [0, 0.05) is 0 Å². The van der Waals surface area contributed by atoms with E-state index in [-0.39, 0.29) is 12.2 Å². The number of carboxylic acid groups (broad SMARTS) is 1. The number of rotatable bonds is 10. The van der Waals surface area contributed by atoms with Crippen LogP contribution in [0, 0.1) is 5.92 Å². The molecule has 0 aliphatic heterocycles. The maximum Gasteiger partial charge on any atom is 0.307 e. The molecule has 1 N–H and O–H groups in total. The summed E-state index contributed by atoms with van der Waals surface area (Å²) in [7, 11) is -7.69. The molecule has 2 aromatic rings. The van der Waals surface area contributed by atoms with Crippen molar-refractivity contribution >= 4 is 25.6 Å². The van der Waals surface area contributed by atoms with Crippen LogP contribution in [0.1, 0.15) is 23.3 Å². The van der Waals surface area contributed by atoms with Crippen LogP contribution in [0.4, 0.5) is 0 Å². The molecule has 0 saturated heterocycles. The molecule has 0 heterocycles. The molecular weight excluding hydrogens is 400 g/mol. The Morgan fingerprint density at radius 2 is 1.43 bits per heavy atom.